The van der Waals surface area contributed by atoms with Crippen molar-refractivity contribution >= 4 is 22.9 Å². The molecule has 0 radical (unpaired) electrons. The van der Waals surface area contributed by atoms with Gasteiger partial charge in [0.1, 0.15) is 12.6 Å². The van der Waals surface area contributed by atoms with Crippen LogP contribution in [0, 0.1) is 30.1 Å². The normalized spacial score (nSPS) is 34.7. The number of fused-ring (bicyclic) bond motifs is 1. The molecule has 33 heavy (non-hydrogen) atoms. The molecule has 1 N–H and O–H groups in total. The number of aliphatic hydroxyl groups excluding tert-OH is 1. The third-order valence-corrected chi connectivity index (χ3v) is 8.50. The van der Waals surface area contributed by atoms with Crippen molar-refractivity contribution in [2.75, 3.05) is 6.54 Å². The molecule has 174 valence electrons. The first-order valence-corrected chi connectivity index (χ1v) is 12.3. The molecule has 1 saturated heterocycles. The largest absolute Gasteiger partial charge is 0.458 e. The van der Waals surface area contributed by atoms with Gasteiger partial charge in [0.2, 0.25) is 5.91 Å². The highest BCUT2D eigenvalue weighted by Crippen LogP contribution is 2.60. The van der Waals surface area contributed by atoms with Crippen molar-refractivity contribution in [1.82, 2.24) is 14.9 Å². The topological polar surface area (TPSA) is 92.6 Å². The second-order valence-corrected chi connectivity index (χ2v) is 10.9. The number of rotatable bonds is 4. The van der Waals surface area contributed by atoms with Crippen LogP contribution in [0.25, 0.3) is 11.0 Å². The van der Waals surface area contributed by atoms with Crippen molar-refractivity contribution in [2.45, 2.75) is 70.6 Å². The molecular weight excluding hydrogens is 418 g/mol. The van der Waals surface area contributed by atoms with E-state index in [1.54, 1.807) is 4.90 Å². The van der Waals surface area contributed by atoms with E-state index in [-0.39, 0.29) is 30.9 Å². The van der Waals surface area contributed by atoms with E-state index >= 15 is 0 Å². The zero-order valence-electron chi connectivity index (χ0n) is 19.1. The Hall–Kier alpha value is -2.54. The van der Waals surface area contributed by atoms with E-state index in [0.717, 1.165) is 36.0 Å². The second kappa shape index (κ2) is 7.76. The fourth-order valence-corrected chi connectivity index (χ4v) is 7.44. The molecule has 7 rings (SSSR count). The van der Waals surface area contributed by atoms with Gasteiger partial charge in [-0.25, -0.2) is 14.8 Å². The first kappa shape index (κ1) is 21.0. The maximum atomic E-state index is 13.8. The predicted molar refractivity (Wildman–Crippen MR) is 121 cm³/mol. The summed E-state index contributed by atoms with van der Waals surface area (Å²) >= 11 is 0. The minimum atomic E-state index is -0.728. The van der Waals surface area contributed by atoms with Crippen molar-refractivity contribution in [3.63, 3.8) is 0 Å². The summed E-state index contributed by atoms with van der Waals surface area (Å²) in [6.07, 6.45) is 6.14. The van der Waals surface area contributed by atoms with Gasteiger partial charge in [-0.15, -0.1) is 0 Å². The average Bonchev–Trinajstić information content (AvgIpc) is 3.17. The van der Waals surface area contributed by atoms with Gasteiger partial charge in [-0.3, -0.25) is 4.79 Å². The molecule has 4 saturated carbocycles. The van der Waals surface area contributed by atoms with E-state index in [1.165, 1.54) is 19.3 Å². The SMILES string of the molecule is Cc1nc2ccccc2nc1COC(=O)[C@@H]1C[C@@H](O)CN1C(=O)C12CC3CC(CC(C3)C1)C2. The van der Waals surface area contributed by atoms with Crippen LogP contribution >= 0.6 is 0 Å². The van der Waals surface area contributed by atoms with Crippen LogP contribution in [0.2, 0.25) is 0 Å². The highest BCUT2D eigenvalue weighted by atomic mass is 16.5. The Kier molecular flexibility index (Phi) is 4.94. The number of para-hydroxylation sites is 2. The molecule has 1 aromatic heterocycles. The highest BCUT2D eigenvalue weighted by molar-refractivity contribution is 5.89. The molecule has 0 spiro atoms. The van der Waals surface area contributed by atoms with Crippen molar-refractivity contribution < 1.29 is 19.4 Å². The van der Waals surface area contributed by atoms with Crippen LogP contribution < -0.4 is 0 Å². The summed E-state index contributed by atoms with van der Waals surface area (Å²) in [5, 5.41) is 10.4. The van der Waals surface area contributed by atoms with Crippen LogP contribution in [0.3, 0.4) is 0 Å². The maximum absolute atomic E-state index is 13.8. The minimum absolute atomic E-state index is 0.00842. The third kappa shape index (κ3) is 3.61. The number of nitrogens with zero attached hydrogens (tertiary/aromatic N) is 3. The van der Waals surface area contributed by atoms with Gasteiger partial charge < -0.3 is 14.7 Å². The molecule has 2 atom stereocenters. The highest BCUT2D eigenvalue weighted by Gasteiger charge is 2.57. The molecule has 1 amide bonds. The predicted octanol–water partition coefficient (Wildman–Crippen LogP) is 3.16. The fourth-order valence-electron chi connectivity index (χ4n) is 7.44. The number of likely N-dealkylation sites (tertiary alicyclic amines) is 1. The van der Waals surface area contributed by atoms with Gasteiger partial charge in [-0.05, 0) is 75.3 Å². The van der Waals surface area contributed by atoms with Crippen molar-refractivity contribution in [3.05, 3.63) is 35.7 Å². The van der Waals surface area contributed by atoms with E-state index in [9.17, 15) is 14.7 Å². The number of aliphatic hydroxyl groups is 1. The molecule has 1 aromatic carbocycles. The van der Waals surface area contributed by atoms with Crippen LogP contribution in [-0.4, -0.2) is 50.5 Å². The van der Waals surface area contributed by atoms with Crippen LogP contribution in [0.4, 0.5) is 0 Å². The maximum Gasteiger partial charge on any atom is 0.329 e. The minimum Gasteiger partial charge on any atom is -0.458 e. The summed E-state index contributed by atoms with van der Waals surface area (Å²) in [5.74, 6) is 1.55. The number of amides is 1. The number of aryl methyl sites for hydroxylation is 1. The molecule has 4 bridgehead atoms. The van der Waals surface area contributed by atoms with Gasteiger partial charge in [-0.1, -0.05) is 12.1 Å². The first-order chi connectivity index (χ1) is 15.9. The van der Waals surface area contributed by atoms with Crippen LogP contribution in [-0.2, 0) is 20.9 Å². The summed E-state index contributed by atoms with van der Waals surface area (Å²) in [7, 11) is 0. The van der Waals surface area contributed by atoms with E-state index in [2.05, 4.69) is 9.97 Å². The Morgan fingerprint density at radius 3 is 2.27 bits per heavy atom. The smallest absolute Gasteiger partial charge is 0.329 e. The molecule has 2 aromatic rings. The first-order valence-electron chi connectivity index (χ1n) is 12.3. The molecule has 7 heteroatoms. The fraction of sp³-hybridized carbons (Fsp3) is 0.615. The Morgan fingerprint density at radius 1 is 1.03 bits per heavy atom. The Balaban J connectivity index is 1.18. The molecular formula is C26H31N3O4. The number of β-amino-alcohol motifs (C(OH)–C–C–N with tert-alkyl or cyclic N) is 1. The van der Waals surface area contributed by atoms with Gasteiger partial charge in [-0.2, -0.15) is 0 Å². The van der Waals surface area contributed by atoms with E-state index in [0.29, 0.717) is 23.4 Å². The summed E-state index contributed by atoms with van der Waals surface area (Å²) in [5.41, 5.74) is 2.55. The summed E-state index contributed by atoms with van der Waals surface area (Å²) < 4.78 is 5.64. The van der Waals surface area contributed by atoms with E-state index in [4.69, 9.17) is 4.74 Å². The second-order valence-electron chi connectivity index (χ2n) is 10.9. The summed E-state index contributed by atoms with van der Waals surface area (Å²) in [4.78, 5) is 37.7. The zero-order valence-corrected chi connectivity index (χ0v) is 19.1. The lowest BCUT2D eigenvalue weighted by Crippen LogP contribution is -2.56. The number of aromatic nitrogens is 2. The lowest BCUT2D eigenvalue weighted by Gasteiger charge is -2.56. The van der Waals surface area contributed by atoms with Crippen molar-refractivity contribution in [3.8, 4) is 0 Å². The van der Waals surface area contributed by atoms with Gasteiger partial charge in [0.25, 0.3) is 0 Å². The van der Waals surface area contributed by atoms with Gasteiger partial charge in [0, 0.05) is 13.0 Å². The number of carbonyl (C=O) groups is 2. The Morgan fingerprint density at radius 2 is 1.64 bits per heavy atom. The molecule has 7 nitrogen and oxygen atoms in total. The molecule has 5 aliphatic rings. The number of hydrogen-bond donors (Lipinski definition) is 1. The van der Waals surface area contributed by atoms with Crippen LogP contribution in [0.15, 0.2) is 24.3 Å². The van der Waals surface area contributed by atoms with Gasteiger partial charge in [0.05, 0.1) is 33.9 Å². The molecule has 1 aliphatic heterocycles. The third-order valence-electron chi connectivity index (χ3n) is 8.50. The van der Waals surface area contributed by atoms with Crippen molar-refractivity contribution in [2.24, 2.45) is 23.2 Å². The quantitative estimate of drug-likeness (QED) is 0.721. The standard InChI is InChI=1S/C26H31N3O4/c1-15-22(28-21-5-3-2-4-20(21)27-15)14-33-24(31)23-9-19(30)13-29(23)25(32)26-10-16-6-17(11-26)8-18(7-16)12-26/h2-5,16-19,23,30H,6-14H2,1H3/t16?,17?,18?,19-,23+,26?/m1/s1. The van der Waals surface area contributed by atoms with E-state index in [1.807, 2.05) is 31.2 Å². The van der Waals surface area contributed by atoms with Crippen LogP contribution in [0.5, 0.6) is 0 Å². The van der Waals surface area contributed by atoms with Crippen molar-refractivity contribution in [1.29, 1.82) is 0 Å². The molecule has 4 aliphatic carbocycles. The molecule has 0 unspecified atom stereocenters. The van der Waals surface area contributed by atoms with Crippen LogP contribution in [0.1, 0.15) is 56.3 Å². The number of esters is 1. The summed E-state index contributed by atoms with van der Waals surface area (Å²) in [6.45, 7) is 2.08. The monoisotopic (exact) mass is 449 g/mol. The summed E-state index contributed by atoms with van der Waals surface area (Å²) in [6, 6.07) is 6.87. The average molecular weight is 450 g/mol. The number of hydrogen-bond acceptors (Lipinski definition) is 6. The number of benzene rings is 1. The Labute approximate surface area is 193 Å². The number of carbonyl (C=O) groups excluding carboxylic acids is 2. The lowest BCUT2D eigenvalue weighted by atomic mass is 9.49. The zero-order chi connectivity index (χ0) is 22.7. The number of ether oxygens (including phenoxy) is 1. The molecule has 5 fully saturated rings. The van der Waals surface area contributed by atoms with Gasteiger partial charge >= 0.3 is 5.97 Å². The van der Waals surface area contributed by atoms with E-state index < -0.39 is 18.1 Å². The lowest BCUT2D eigenvalue weighted by molar-refractivity contribution is -0.166. The Bertz CT molecular complexity index is 1080. The van der Waals surface area contributed by atoms with Gasteiger partial charge in [0.15, 0.2) is 0 Å². The molecule has 2 heterocycles.